The number of aryl methyl sites for hydroxylation is 1. The third-order valence-corrected chi connectivity index (χ3v) is 7.44. The minimum atomic E-state index is -0.538. The van der Waals surface area contributed by atoms with Crippen molar-refractivity contribution in [3.05, 3.63) is 149 Å². The summed E-state index contributed by atoms with van der Waals surface area (Å²) in [6, 6.07) is 32.4. The van der Waals surface area contributed by atoms with Gasteiger partial charge in [0, 0.05) is 33.3 Å². The molecule has 8 heteroatoms. The smallest absolute Gasteiger partial charge is 0.272 e. The fourth-order valence-corrected chi connectivity index (χ4v) is 4.88. The van der Waals surface area contributed by atoms with Crippen molar-refractivity contribution in [2.24, 2.45) is 0 Å². The Hall–Kier alpha value is -5.21. The molecule has 0 saturated heterocycles. The number of hydrogen-bond donors (Lipinski definition) is 2. The van der Waals surface area contributed by atoms with Gasteiger partial charge in [-0.3, -0.25) is 14.4 Å². The highest BCUT2D eigenvalue weighted by atomic mass is 32.2. The van der Waals surface area contributed by atoms with Crippen LogP contribution in [-0.4, -0.2) is 23.4 Å². The van der Waals surface area contributed by atoms with Crippen LogP contribution in [0.4, 0.5) is 10.1 Å². The lowest BCUT2D eigenvalue weighted by Crippen LogP contribution is -2.30. The Morgan fingerprint density at radius 2 is 1.49 bits per heavy atom. The van der Waals surface area contributed by atoms with Gasteiger partial charge in [0.2, 0.25) is 0 Å². The van der Waals surface area contributed by atoms with Crippen LogP contribution in [0.3, 0.4) is 0 Å². The van der Waals surface area contributed by atoms with E-state index >= 15 is 0 Å². The molecule has 0 aliphatic carbocycles. The van der Waals surface area contributed by atoms with E-state index in [1.807, 2.05) is 37.3 Å². The minimum absolute atomic E-state index is 0.00186. The lowest BCUT2D eigenvalue weighted by atomic mass is 10.1. The molecule has 0 unspecified atom stereocenters. The third kappa shape index (κ3) is 7.96. The summed E-state index contributed by atoms with van der Waals surface area (Å²) >= 11 is 1.33. The van der Waals surface area contributed by atoms with Crippen LogP contribution in [-0.2, 0) is 4.79 Å². The van der Waals surface area contributed by atoms with Crippen molar-refractivity contribution in [3.63, 3.8) is 0 Å². The van der Waals surface area contributed by atoms with Crippen LogP contribution in [0, 0.1) is 12.7 Å². The number of carbonyl (C=O) groups is 3. The highest BCUT2D eigenvalue weighted by Crippen LogP contribution is 2.25. The van der Waals surface area contributed by atoms with Gasteiger partial charge in [-0.25, -0.2) is 4.39 Å². The van der Waals surface area contributed by atoms with Crippen molar-refractivity contribution in [2.75, 3.05) is 11.1 Å². The monoisotopic (exact) mass is 590 g/mol. The van der Waals surface area contributed by atoms with Crippen LogP contribution in [0.5, 0.6) is 0 Å². The first kappa shape index (κ1) is 29.3. The molecule has 2 N–H and O–H groups in total. The molecule has 0 radical (unpaired) electrons. The maximum absolute atomic E-state index is 13.4. The van der Waals surface area contributed by atoms with E-state index < -0.39 is 17.6 Å². The molecule has 0 spiro atoms. The van der Waals surface area contributed by atoms with Gasteiger partial charge in [0.25, 0.3) is 11.8 Å². The number of furan rings is 1. The van der Waals surface area contributed by atoms with E-state index in [9.17, 15) is 18.8 Å². The average molecular weight is 591 g/mol. The Kier molecular flexibility index (Phi) is 9.29. The van der Waals surface area contributed by atoms with Gasteiger partial charge in [-0.1, -0.05) is 48.0 Å². The summed E-state index contributed by atoms with van der Waals surface area (Å²) in [6.07, 6.45) is 1.49. The van der Waals surface area contributed by atoms with Gasteiger partial charge in [0.1, 0.15) is 23.0 Å². The normalized spacial score (nSPS) is 11.2. The number of anilines is 1. The predicted octanol–water partition coefficient (Wildman–Crippen LogP) is 7.78. The Balaban J connectivity index is 1.29. The zero-order valence-corrected chi connectivity index (χ0v) is 24.0. The molecule has 1 heterocycles. The molecule has 1 aromatic heterocycles. The molecule has 2 amide bonds. The molecule has 0 saturated carbocycles. The summed E-state index contributed by atoms with van der Waals surface area (Å²) in [5.74, 6) is -0.276. The summed E-state index contributed by atoms with van der Waals surface area (Å²) in [5, 5.41) is 5.52. The van der Waals surface area contributed by atoms with Gasteiger partial charge in [-0.2, -0.15) is 0 Å². The van der Waals surface area contributed by atoms with Crippen molar-refractivity contribution < 1.29 is 23.2 Å². The molecule has 5 aromatic rings. The fourth-order valence-electron chi connectivity index (χ4n) is 4.09. The summed E-state index contributed by atoms with van der Waals surface area (Å²) in [4.78, 5) is 39.5. The first-order valence-electron chi connectivity index (χ1n) is 13.4. The second-order valence-corrected chi connectivity index (χ2v) is 10.7. The van der Waals surface area contributed by atoms with E-state index in [1.54, 1.807) is 60.7 Å². The van der Waals surface area contributed by atoms with E-state index in [-0.39, 0.29) is 17.2 Å². The molecule has 0 fully saturated rings. The zero-order valence-electron chi connectivity index (χ0n) is 23.2. The number of thioether (sulfide) groups is 1. The van der Waals surface area contributed by atoms with Crippen LogP contribution in [0.25, 0.3) is 17.4 Å². The number of rotatable bonds is 10. The molecule has 0 bridgehead atoms. The molecule has 0 aliphatic heterocycles. The zero-order chi connectivity index (χ0) is 30.2. The van der Waals surface area contributed by atoms with Gasteiger partial charge >= 0.3 is 0 Å². The van der Waals surface area contributed by atoms with E-state index in [1.165, 1.54) is 42.1 Å². The number of halogens is 1. The van der Waals surface area contributed by atoms with Crippen LogP contribution in [0.15, 0.2) is 130 Å². The van der Waals surface area contributed by atoms with E-state index in [4.69, 9.17) is 4.42 Å². The molecule has 214 valence electrons. The second-order valence-electron chi connectivity index (χ2n) is 9.64. The van der Waals surface area contributed by atoms with Crippen LogP contribution >= 0.6 is 11.8 Å². The Labute approximate surface area is 252 Å². The summed E-state index contributed by atoms with van der Waals surface area (Å²) in [5.41, 5.74) is 3.36. The third-order valence-electron chi connectivity index (χ3n) is 6.43. The second kappa shape index (κ2) is 13.6. The predicted molar refractivity (Wildman–Crippen MR) is 167 cm³/mol. The Bertz CT molecular complexity index is 1760. The van der Waals surface area contributed by atoms with E-state index in [2.05, 4.69) is 10.6 Å². The highest BCUT2D eigenvalue weighted by molar-refractivity contribution is 8.00. The van der Waals surface area contributed by atoms with Crippen molar-refractivity contribution in [3.8, 4) is 11.3 Å². The van der Waals surface area contributed by atoms with Crippen molar-refractivity contribution >= 4 is 41.1 Å². The van der Waals surface area contributed by atoms with Crippen LogP contribution < -0.4 is 10.6 Å². The standard InChI is InChI=1S/C35H27FN2O4S/c1-23-7-9-25(10-8-23)33-20-17-29(42-33)21-31(38-34(40)26-5-3-2-4-6-26)35(41)37-28-15-18-30(19-16-28)43-22-32(39)24-11-13-27(36)14-12-24/h2-21H,22H2,1H3,(H,37,41)(H,38,40)/b31-21-. The fraction of sp³-hybridized carbons (Fsp3) is 0.0571. The maximum atomic E-state index is 13.4. The van der Waals surface area contributed by atoms with Crippen molar-refractivity contribution in [2.45, 2.75) is 11.8 Å². The Morgan fingerprint density at radius 3 is 2.19 bits per heavy atom. The largest absolute Gasteiger partial charge is 0.457 e. The number of carbonyl (C=O) groups excluding carboxylic acids is 3. The first-order chi connectivity index (χ1) is 20.8. The Morgan fingerprint density at radius 1 is 0.791 bits per heavy atom. The van der Waals surface area contributed by atoms with Crippen LogP contribution in [0.2, 0.25) is 0 Å². The number of ketones is 1. The van der Waals surface area contributed by atoms with Gasteiger partial charge < -0.3 is 15.1 Å². The van der Waals surface area contributed by atoms with Gasteiger partial charge in [0.05, 0.1) is 5.75 Å². The van der Waals surface area contributed by atoms with E-state index in [0.29, 0.717) is 28.3 Å². The lowest BCUT2D eigenvalue weighted by molar-refractivity contribution is -0.113. The quantitative estimate of drug-likeness (QED) is 0.0985. The molecule has 0 atom stereocenters. The number of amides is 2. The molecule has 0 aliphatic rings. The molecule has 43 heavy (non-hydrogen) atoms. The minimum Gasteiger partial charge on any atom is -0.457 e. The molecular weight excluding hydrogens is 563 g/mol. The van der Waals surface area contributed by atoms with Gasteiger partial charge in [0.15, 0.2) is 5.78 Å². The number of Topliss-reactive ketones (excluding diaryl/α,β-unsaturated/α-hetero) is 1. The van der Waals surface area contributed by atoms with Crippen LogP contribution in [0.1, 0.15) is 32.0 Å². The topological polar surface area (TPSA) is 88.4 Å². The molecule has 4 aromatic carbocycles. The summed E-state index contributed by atoms with van der Waals surface area (Å²) in [7, 11) is 0. The van der Waals surface area contributed by atoms with E-state index in [0.717, 1.165) is 16.0 Å². The van der Waals surface area contributed by atoms with Gasteiger partial charge in [-0.15, -0.1) is 11.8 Å². The molecule has 6 nitrogen and oxygen atoms in total. The van der Waals surface area contributed by atoms with Gasteiger partial charge in [-0.05, 0) is 79.7 Å². The summed E-state index contributed by atoms with van der Waals surface area (Å²) < 4.78 is 19.1. The number of nitrogens with one attached hydrogen (secondary N) is 2. The lowest BCUT2D eigenvalue weighted by Gasteiger charge is -2.11. The maximum Gasteiger partial charge on any atom is 0.272 e. The first-order valence-corrected chi connectivity index (χ1v) is 14.4. The number of benzene rings is 4. The highest BCUT2D eigenvalue weighted by Gasteiger charge is 2.17. The summed E-state index contributed by atoms with van der Waals surface area (Å²) in [6.45, 7) is 2.00. The van der Waals surface area contributed by atoms with Crippen molar-refractivity contribution in [1.29, 1.82) is 0 Å². The number of hydrogen-bond acceptors (Lipinski definition) is 5. The van der Waals surface area contributed by atoms with Crippen molar-refractivity contribution in [1.82, 2.24) is 5.32 Å². The SMILES string of the molecule is Cc1ccc(-c2ccc(/C=C(\NC(=O)c3ccccc3)C(=O)Nc3ccc(SCC(=O)c4ccc(F)cc4)cc3)o2)cc1. The molecular formula is C35H27FN2O4S. The average Bonchev–Trinajstić information content (AvgIpc) is 3.50. The molecule has 5 rings (SSSR count).